The van der Waals surface area contributed by atoms with Crippen molar-refractivity contribution in [3.05, 3.63) is 0 Å². The largest absolute Gasteiger partial charge is 0.394 e. The topological polar surface area (TPSA) is 88.4 Å². The van der Waals surface area contributed by atoms with Gasteiger partial charge in [0.2, 0.25) is 0 Å². The summed E-state index contributed by atoms with van der Waals surface area (Å²) >= 11 is 0. The molecule has 0 bridgehead atoms. The summed E-state index contributed by atoms with van der Waals surface area (Å²) in [5, 5.41) is 16.6. The van der Waals surface area contributed by atoms with E-state index in [1.807, 2.05) is 4.90 Å². The lowest BCUT2D eigenvalue weighted by atomic mass is 10.0. The molecule has 1 aromatic heterocycles. The van der Waals surface area contributed by atoms with Gasteiger partial charge in [0.25, 0.3) is 0 Å². The van der Waals surface area contributed by atoms with Gasteiger partial charge in [0.1, 0.15) is 0 Å². The predicted octanol–water partition coefficient (Wildman–Crippen LogP) is 0.00300. The van der Waals surface area contributed by atoms with Crippen LogP contribution in [0.15, 0.2) is 4.42 Å². The summed E-state index contributed by atoms with van der Waals surface area (Å²) < 4.78 is 5.13. The molecule has 1 saturated heterocycles. The third-order valence-electron chi connectivity index (χ3n) is 2.51. The summed E-state index contributed by atoms with van der Waals surface area (Å²) in [6.45, 7) is 0.954. The highest BCUT2D eigenvalue weighted by Crippen LogP contribution is 2.23. The molecule has 0 aromatic carbocycles. The van der Waals surface area contributed by atoms with Gasteiger partial charge < -0.3 is 20.2 Å². The van der Waals surface area contributed by atoms with Crippen LogP contribution in [0.5, 0.6) is 0 Å². The van der Waals surface area contributed by atoms with Crippen molar-refractivity contribution in [1.82, 2.24) is 10.2 Å². The van der Waals surface area contributed by atoms with E-state index in [0.717, 1.165) is 25.8 Å². The summed E-state index contributed by atoms with van der Waals surface area (Å²) in [7, 11) is 0. The van der Waals surface area contributed by atoms with E-state index >= 15 is 0 Å². The number of rotatable bonds is 2. The van der Waals surface area contributed by atoms with Crippen LogP contribution in [0.3, 0.4) is 0 Å². The maximum absolute atomic E-state index is 9.17. The zero-order valence-corrected chi connectivity index (χ0v) is 7.89. The Hall–Kier alpha value is -1.30. The van der Waals surface area contributed by atoms with Crippen LogP contribution >= 0.6 is 0 Å². The van der Waals surface area contributed by atoms with Crippen LogP contribution < -0.4 is 10.6 Å². The second kappa shape index (κ2) is 3.83. The van der Waals surface area contributed by atoms with E-state index < -0.39 is 0 Å². The number of anilines is 2. The summed E-state index contributed by atoms with van der Waals surface area (Å²) in [5.41, 5.74) is 5.34. The Balaban J connectivity index is 2.14. The van der Waals surface area contributed by atoms with E-state index in [2.05, 4.69) is 10.2 Å². The number of aliphatic hydroxyl groups excluding tert-OH is 1. The molecule has 1 aliphatic rings. The predicted molar refractivity (Wildman–Crippen MR) is 50.8 cm³/mol. The van der Waals surface area contributed by atoms with E-state index in [1.165, 1.54) is 0 Å². The smallest absolute Gasteiger partial charge is 0.319 e. The van der Waals surface area contributed by atoms with Crippen LogP contribution in [-0.2, 0) is 0 Å². The maximum atomic E-state index is 9.17. The van der Waals surface area contributed by atoms with E-state index in [1.54, 1.807) is 0 Å². The van der Waals surface area contributed by atoms with Gasteiger partial charge in [0.15, 0.2) is 0 Å². The Morgan fingerprint density at radius 1 is 1.50 bits per heavy atom. The first kappa shape index (κ1) is 9.26. The quantitative estimate of drug-likeness (QED) is 0.695. The van der Waals surface area contributed by atoms with E-state index in [-0.39, 0.29) is 18.7 Å². The fraction of sp³-hybridized carbons (Fsp3) is 0.750. The Morgan fingerprint density at radius 2 is 2.36 bits per heavy atom. The molecule has 3 N–H and O–H groups in total. The summed E-state index contributed by atoms with van der Waals surface area (Å²) in [4.78, 5) is 1.92. The Morgan fingerprint density at radius 3 is 3.00 bits per heavy atom. The lowest BCUT2D eigenvalue weighted by Crippen LogP contribution is -2.42. The van der Waals surface area contributed by atoms with Crippen LogP contribution in [0.4, 0.5) is 12.0 Å². The molecule has 2 heterocycles. The van der Waals surface area contributed by atoms with Crippen molar-refractivity contribution in [2.75, 3.05) is 23.8 Å². The molecule has 0 radical (unpaired) electrons. The zero-order chi connectivity index (χ0) is 9.97. The molecule has 0 spiro atoms. The minimum Gasteiger partial charge on any atom is -0.394 e. The highest BCUT2D eigenvalue weighted by atomic mass is 16.4. The Bertz CT molecular complexity index is 301. The lowest BCUT2D eigenvalue weighted by molar-refractivity contribution is 0.235. The van der Waals surface area contributed by atoms with Gasteiger partial charge in [-0.15, -0.1) is 0 Å². The normalized spacial score (nSPS) is 22.6. The molecule has 1 atom stereocenters. The second-order valence-corrected chi connectivity index (χ2v) is 3.45. The molecule has 2 rings (SSSR count). The third-order valence-corrected chi connectivity index (χ3v) is 2.51. The molecule has 0 saturated carbocycles. The average Bonchev–Trinajstić information content (AvgIpc) is 2.65. The van der Waals surface area contributed by atoms with Crippen LogP contribution in [0.2, 0.25) is 0 Å². The van der Waals surface area contributed by atoms with Crippen molar-refractivity contribution >= 4 is 12.0 Å². The summed E-state index contributed by atoms with van der Waals surface area (Å²) in [6.07, 6.45) is 3.17. The standard InChI is InChI=1S/C8H14N4O2/c9-7-10-11-8(14-7)12-4-2-1-3-6(12)5-13/h6,13H,1-5H2,(H2,9,10). The highest BCUT2D eigenvalue weighted by Gasteiger charge is 2.25. The molecule has 0 aliphatic carbocycles. The molecule has 6 heteroatoms. The van der Waals surface area contributed by atoms with Crippen LogP contribution in [0.1, 0.15) is 19.3 Å². The van der Waals surface area contributed by atoms with Gasteiger partial charge in [0.05, 0.1) is 12.6 Å². The van der Waals surface area contributed by atoms with Gasteiger partial charge in [-0.1, -0.05) is 10.2 Å². The SMILES string of the molecule is Nc1nnc(N2CCCCC2CO)o1. The van der Waals surface area contributed by atoms with Crippen molar-refractivity contribution in [2.24, 2.45) is 0 Å². The van der Waals surface area contributed by atoms with Crippen LogP contribution in [0, 0.1) is 0 Å². The lowest BCUT2D eigenvalue weighted by Gasteiger charge is -2.32. The molecular weight excluding hydrogens is 184 g/mol. The third kappa shape index (κ3) is 1.65. The van der Waals surface area contributed by atoms with E-state index in [9.17, 15) is 0 Å². The zero-order valence-electron chi connectivity index (χ0n) is 7.89. The van der Waals surface area contributed by atoms with Crippen LogP contribution in [-0.4, -0.2) is 34.5 Å². The van der Waals surface area contributed by atoms with Gasteiger partial charge in [-0.2, -0.15) is 0 Å². The number of hydrogen-bond acceptors (Lipinski definition) is 6. The number of nitrogens with two attached hydrogens (primary N) is 1. The number of nitrogen functional groups attached to an aromatic ring is 1. The minimum absolute atomic E-state index is 0.0715. The van der Waals surface area contributed by atoms with Crippen molar-refractivity contribution in [1.29, 1.82) is 0 Å². The average molecular weight is 198 g/mol. The van der Waals surface area contributed by atoms with Crippen molar-refractivity contribution in [3.8, 4) is 0 Å². The minimum atomic E-state index is 0.0715. The number of nitrogens with zero attached hydrogens (tertiary/aromatic N) is 3. The van der Waals surface area contributed by atoms with Gasteiger partial charge in [0, 0.05) is 6.54 Å². The Kier molecular flexibility index (Phi) is 2.53. The van der Waals surface area contributed by atoms with E-state index in [0.29, 0.717) is 6.01 Å². The summed E-state index contributed by atoms with van der Waals surface area (Å²) in [5.74, 6) is 0. The Labute approximate surface area is 81.7 Å². The highest BCUT2D eigenvalue weighted by molar-refractivity contribution is 5.30. The van der Waals surface area contributed by atoms with Gasteiger partial charge >= 0.3 is 12.0 Å². The number of hydrogen-bond donors (Lipinski definition) is 2. The molecule has 1 fully saturated rings. The van der Waals surface area contributed by atoms with Gasteiger partial charge in [-0.05, 0) is 19.3 Å². The monoisotopic (exact) mass is 198 g/mol. The van der Waals surface area contributed by atoms with Gasteiger partial charge in [-0.25, -0.2) is 0 Å². The second-order valence-electron chi connectivity index (χ2n) is 3.45. The fourth-order valence-electron chi connectivity index (χ4n) is 1.78. The first-order valence-electron chi connectivity index (χ1n) is 4.77. The molecule has 14 heavy (non-hydrogen) atoms. The number of aromatic nitrogens is 2. The molecule has 1 unspecified atom stereocenters. The molecule has 6 nitrogen and oxygen atoms in total. The summed E-state index contributed by atoms with van der Waals surface area (Å²) in [6, 6.07) is 0.576. The van der Waals surface area contributed by atoms with Crippen molar-refractivity contribution in [2.45, 2.75) is 25.3 Å². The number of piperidine rings is 1. The first-order valence-corrected chi connectivity index (χ1v) is 4.77. The van der Waals surface area contributed by atoms with Gasteiger partial charge in [-0.3, -0.25) is 0 Å². The molecule has 1 aliphatic heterocycles. The van der Waals surface area contributed by atoms with E-state index in [4.69, 9.17) is 15.3 Å². The van der Waals surface area contributed by atoms with Crippen molar-refractivity contribution < 1.29 is 9.52 Å². The molecule has 78 valence electrons. The molecule has 0 amide bonds. The maximum Gasteiger partial charge on any atom is 0.319 e. The van der Waals surface area contributed by atoms with Crippen molar-refractivity contribution in [3.63, 3.8) is 0 Å². The molecular formula is C8H14N4O2. The fourth-order valence-corrected chi connectivity index (χ4v) is 1.78. The number of aliphatic hydroxyl groups is 1. The van der Waals surface area contributed by atoms with Crippen LogP contribution in [0.25, 0.3) is 0 Å². The molecule has 1 aromatic rings. The first-order chi connectivity index (χ1) is 6.81.